The van der Waals surface area contributed by atoms with Gasteiger partial charge < -0.3 is 15.4 Å². The molecule has 1 aromatic heterocycles. The van der Waals surface area contributed by atoms with Crippen LogP contribution in [0.2, 0.25) is 0 Å². The molecule has 2 aromatic carbocycles. The van der Waals surface area contributed by atoms with Crippen LogP contribution in [0.25, 0.3) is 0 Å². The van der Waals surface area contributed by atoms with E-state index in [0.29, 0.717) is 11.9 Å². The fourth-order valence-electron chi connectivity index (χ4n) is 3.03. The van der Waals surface area contributed by atoms with Crippen LogP contribution in [-0.4, -0.2) is 23.6 Å². The van der Waals surface area contributed by atoms with Gasteiger partial charge in [-0.05, 0) is 48.6 Å². The van der Waals surface area contributed by atoms with Crippen molar-refractivity contribution in [2.75, 3.05) is 24.3 Å². The number of methoxy groups -OCH3 is 1. The van der Waals surface area contributed by atoms with E-state index in [1.54, 1.807) is 7.11 Å². The van der Waals surface area contributed by atoms with E-state index in [4.69, 9.17) is 4.74 Å². The number of hydrogen-bond acceptors (Lipinski definition) is 5. The summed E-state index contributed by atoms with van der Waals surface area (Å²) in [5, 5.41) is 6.68. The van der Waals surface area contributed by atoms with Gasteiger partial charge in [-0.15, -0.1) is 0 Å². The van der Waals surface area contributed by atoms with Gasteiger partial charge in [-0.25, -0.2) is 4.98 Å². The lowest BCUT2D eigenvalue weighted by molar-refractivity contribution is 0.410. The minimum Gasteiger partial charge on any atom is -0.496 e. The smallest absolute Gasteiger partial charge is 0.229 e. The average molecular weight is 377 g/mol. The SMILES string of the molecule is COc1ccccc1CCNc1cc(C)nc(Nc2ccc(C(C)C)cc2)n1. The van der Waals surface area contributed by atoms with E-state index >= 15 is 0 Å². The summed E-state index contributed by atoms with van der Waals surface area (Å²) >= 11 is 0. The van der Waals surface area contributed by atoms with E-state index in [-0.39, 0.29) is 0 Å². The number of hydrogen-bond donors (Lipinski definition) is 2. The monoisotopic (exact) mass is 376 g/mol. The maximum atomic E-state index is 5.41. The Morgan fingerprint density at radius 1 is 1.00 bits per heavy atom. The first-order chi connectivity index (χ1) is 13.5. The minimum atomic E-state index is 0.517. The summed E-state index contributed by atoms with van der Waals surface area (Å²) in [6.07, 6.45) is 0.854. The number of aryl methyl sites for hydroxylation is 1. The molecular weight excluding hydrogens is 348 g/mol. The maximum absolute atomic E-state index is 5.41. The molecule has 5 heteroatoms. The van der Waals surface area contributed by atoms with E-state index in [2.05, 4.69) is 64.8 Å². The van der Waals surface area contributed by atoms with Crippen LogP contribution in [0.5, 0.6) is 5.75 Å². The molecule has 2 N–H and O–H groups in total. The zero-order chi connectivity index (χ0) is 19.9. The number of nitrogens with zero attached hydrogens (tertiary/aromatic N) is 2. The van der Waals surface area contributed by atoms with Gasteiger partial charge in [-0.1, -0.05) is 44.2 Å². The molecule has 0 bridgehead atoms. The van der Waals surface area contributed by atoms with E-state index in [1.165, 1.54) is 11.1 Å². The van der Waals surface area contributed by atoms with Crippen LogP contribution in [0.4, 0.5) is 17.5 Å². The number of aromatic nitrogens is 2. The number of nitrogens with one attached hydrogen (secondary N) is 2. The van der Waals surface area contributed by atoms with Crippen molar-refractivity contribution in [3.05, 3.63) is 71.4 Å². The van der Waals surface area contributed by atoms with Gasteiger partial charge in [0.2, 0.25) is 5.95 Å². The fourth-order valence-corrected chi connectivity index (χ4v) is 3.03. The first-order valence-electron chi connectivity index (χ1n) is 9.63. The van der Waals surface area contributed by atoms with Gasteiger partial charge in [-0.2, -0.15) is 4.98 Å². The van der Waals surface area contributed by atoms with Gasteiger partial charge in [0.15, 0.2) is 0 Å². The van der Waals surface area contributed by atoms with Crippen LogP contribution >= 0.6 is 0 Å². The Labute approximate surface area is 167 Å². The average Bonchev–Trinajstić information content (AvgIpc) is 2.68. The normalized spacial score (nSPS) is 10.8. The zero-order valence-electron chi connectivity index (χ0n) is 17.0. The van der Waals surface area contributed by atoms with Crippen molar-refractivity contribution in [2.45, 2.75) is 33.1 Å². The lowest BCUT2D eigenvalue weighted by atomic mass is 10.0. The Balaban J connectivity index is 1.64. The Hall–Kier alpha value is -3.08. The lowest BCUT2D eigenvalue weighted by Crippen LogP contribution is -2.09. The van der Waals surface area contributed by atoms with Gasteiger partial charge in [0, 0.05) is 24.0 Å². The molecule has 0 fully saturated rings. The first kappa shape index (κ1) is 19.7. The summed E-state index contributed by atoms with van der Waals surface area (Å²) in [5.74, 6) is 2.83. The number of ether oxygens (including phenoxy) is 1. The zero-order valence-corrected chi connectivity index (χ0v) is 17.0. The predicted molar refractivity (Wildman–Crippen MR) is 116 cm³/mol. The van der Waals surface area contributed by atoms with E-state index in [0.717, 1.165) is 35.9 Å². The molecular formula is C23H28N4O. The third-order valence-electron chi connectivity index (χ3n) is 4.58. The number of para-hydroxylation sites is 1. The third-order valence-corrected chi connectivity index (χ3v) is 4.58. The second kappa shape index (κ2) is 9.22. The molecule has 0 saturated carbocycles. The summed E-state index contributed by atoms with van der Waals surface area (Å²) in [5.41, 5.74) is 4.38. The Bertz CT molecular complexity index is 907. The van der Waals surface area contributed by atoms with Crippen LogP contribution < -0.4 is 15.4 Å². The third kappa shape index (κ3) is 5.22. The van der Waals surface area contributed by atoms with Crippen LogP contribution in [0.15, 0.2) is 54.6 Å². The van der Waals surface area contributed by atoms with Crippen molar-refractivity contribution < 1.29 is 4.74 Å². The lowest BCUT2D eigenvalue weighted by Gasteiger charge is -2.12. The highest BCUT2D eigenvalue weighted by Gasteiger charge is 2.05. The van der Waals surface area contributed by atoms with Gasteiger partial charge >= 0.3 is 0 Å². The van der Waals surface area contributed by atoms with Crippen LogP contribution in [0.1, 0.15) is 36.6 Å². The molecule has 3 rings (SSSR count). The second-order valence-corrected chi connectivity index (χ2v) is 7.11. The molecule has 0 aliphatic rings. The summed E-state index contributed by atoms with van der Waals surface area (Å²) in [4.78, 5) is 9.09. The van der Waals surface area contributed by atoms with Crippen molar-refractivity contribution in [1.82, 2.24) is 9.97 Å². The summed E-state index contributed by atoms with van der Waals surface area (Å²) < 4.78 is 5.41. The summed E-state index contributed by atoms with van der Waals surface area (Å²) in [6.45, 7) is 7.11. The molecule has 5 nitrogen and oxygen atoms in total. The van der Waals surface area contributed by atoms with Crippen molar-refractivity contribution in [3.63, 3.8) is 0 Å². The summed E-state index contributed by atoms with van der Waals surface area (Å²) in [6, 6.07) is 18.4. The molecule has 0 amide bonds. The van der Waals surface area contributed by atoms with Gasteiger partial charge in [0.05, 0.1) is 7.11 Å². The van der Waals surface area contributed by atoms with Gasteiger partial charge in [0.25, 0.3) is 0 Å². The topological polar surface area (TPSA) is 59.1 Å². The van der Waals surface area contributed by atoms with Crippen LogP contribution in [-0.2, 0) is 6.42 Å². The quantitative estimate of drug-likeness (QED) is 0.557. The molecule has 0 radical (unpaired) electrons. The van der Waals surface area contributed by atoms with Crippen LogP contribution in [0.3, 0.4) is 0 Å². The molecule has 3 aromatic rings. The van der Waals surface area contributed by atoms with Crippen LogP contribution in [0, 0.1) is 6.92 Å². The van der Waals surface area contributed by atoms with Crippen molar-refractivity contribution in [1.29, 1.82) is 0 Å². The predicted octanol–water partition coefficient (Wildman–Crippen LogP) is 5.32. The van der Waals surface area contributed by atoms with Crippen molar-refractivity contribution in [3.8, 4) is 5.75 Å². The first-order valence-corrected chi connectivity index (χ1v) is 9.63. The highest BCUT2D eigenvalue weighted by Crippen LogP contribution is 2.21. The van der Waals surface area contributed by atoms with E-state index in [9.17, 15) is 0 Å². The summed E-state index contributed by atoms with van der Waals surface area (Å²) in [7, 11) is 1.70. The number of benzene rings is 2. The molecule has 0 atom stereocenters. The second-order valence-electron chi connectivity index (χ2n) is 7.11. The highest BCUT2D eigenvalue weighted by molar-refractivity contribution is 5.56. The fraction of sp³-hybridized carbons (Fsp3) is 0.304. The largest absolute Gasteiger partial charge is 0.496 e. The molecule has 0 unspecified atom stereocenters. The Kier molecular flexibility index (Phi) is 6.48. The van der Waals surface area contributed by atoms with E-state index in [1.807, 2.05) is 31.2 Å². The molecule has 0 aliphatic heterocycles. The minimum absolute atomic E-state index is 0.517. The Morgan fingerprint density at radius 2 is 1.75 bits per heavy atom. The van der Waals surface area contributed by atoms with Gasteiger partial charge in [0.1, 0.15) is 11.6 Å². The standard InChI is InChI=1S/C23H28N4O/c1-16(2)18-9-11-20(12-10-18)26-23-25-17(3)15-22(27-23)24-14-13-19-7-5-6-8-21(19)28-4/h5-12,15-16H,13-14H2,1-4H3,(H2,24,25,26,27). The van der Waals surface area contributed by atoms with Crippen molar-refractivity contribution >= 4 is 17.5 Å². The van der Waals surface area contributed by atoms with Gasteiger partial charge in [-0.3, -0.25) is 0 Å². The molecule has 0 aliphatic carbocycles. The molecule has 0 saturated heterocycles. The molecule has 0 spiro atoms. The molecule has 28 heavy (non-hydrogen) atoms. The highest BCUT2D eigenvalue weighted by atomic mass is 16.5. The Morgan fingerprint density at radius 3 is 2.46 bits per heavy atom. The molecule has 1 heterocycles. The number of rotatable bonds is 8. The maximum Gasteiger partial charge on any atom is 0.229 e. The number of anilines is 3. The molecule has 146 valence electrons. The van der Waals surface area contributed by atoms with Crippen molar-refractivity contribution in [2.24, 2.45) is 0 Å². The van der Waals surface area contributed by atoms with E-state index < -0.39 is 0 Å².